The molecule has 116 valence electrons. The molecule has 3 heteroatoms. The topological polar surface area (TPSA) is 15.7 Å². The van der Waals surface area contributed by atoms with Gasteiger partial charge in [0.05, 0.1) is 6.61 Å². The lowest BCUT2D eigenvalue weighted by Gasteiger charge is -2.27. The van der Waals surface area contributed by atoms with Crippen LogP contribution >= 0.6 is 0 Å². The van der Waals surface area contributed by atoms with Crippen LogP contribution in [0, 0.1) is 11.8 Å². The van der Waals surface area contributed by atoms with Crippen LogP contribution in [0.3, 0.4) is 0 Å². The van der Waals surface area contributed by atoms with Gasteiger partial charge in [-0.05, 0) is 65.8 Å². The van der Waals surface area contributed by atoms with Crippen LogP contribution in [0.25, 0.3) is 0 Å². The van der Waals surface area contributed by atoms with Gasteiger partial charge in [0, 0.05) is 19.6 Å². The molecule has 0 N–H and O–H groups in total. The van der Waals surface area contributed by atoms with Crippen molar-refractivity contribution >= 4 is 0 Å². The van der Waals surface area contributed by atoms with Crippen molar-refractivity contribution in [2.75, 3.05) is 53.0 Å². The van der Waals surface area contributed by atoms with Gasteiger partial charge in [0.1, 0.15) is 0 Å². The number of likely N-dealkylation sites (N-methyl/N-ethyl adjacent to an activating group) is 1. The predicted octanol–water partition coefficient (Wildman–Crippen LogP) is 2.61. The van der Waals surface area contributed by atoms with E-state index < -0.39 is 0 Å². The number of piperidine rings is 1. The van der Waals surface area contributed by atoms with Crippen molar-refractivity contribution in [2.45, 2.75) is 45.4 Å². The zero-order chi connectivity index (χ0) is 14.5. The summed E-state index contributed by atoms with van der Waals surface area (Å²) < 4.78 is 5.63. The summed E-state index contributed by atoms with van der Waals surface area (Å²) in [5, 5.41) is 0. The van der Waals surface area contributed by atoms with Crippen LogP contribution in [0.15, 0.2) is 0 Å². The number of hydrogen-bond donors (Lipinski definition) is 0. The first-order valence-corrected chi connectivity index (χ1v) is 8.21. The molecular weight excluding hydrogens is 248 g/mol. The minimum atomic E-state index is 0.844. The fraction of sp³-hybridized carbons (Fsp3) is 0.882. The fourth-order valence-electron chi connectivity index (χ4n) is 2.57. The lowest BCUT2D eigenvalue weighted by molar-refractivity contribution is 0.108. The van der Waals surface area contributed by atoms with Gasteiger partial charge in [-0.15, -0.1) is 11.8 Å². The van der Waals surface area contributed by atoms with Gasteiger partial charge in [0.15, 0.2) is 0 Å². The van der Waals surface area contributed by atoms with Crippen molar-refractivity contribution < 1.29 is 4.74 Å². The van der Waals surface area contributed by atoms with Gasteiger partial charge in [0.25, 0.3) is 0 Å². The molecule has 0 bridgehead atoms. The summed E-state index contributed by atoms with van der Waals surface area (Å²) in [6.45, 7) is 9.69. The highest BCUT2D eigenvalue weighted by Gasteiger charge is 2.09. The first-order valence-electron chi connectivity index (χ1n) is 8.21. The summed E-state index contributed by atoms with van der Waals surface area (Å²) in [5.74, 6) is 5.97. The highest BCUT2D eigenvalue weighted by Crippen LogP contribution is 2.08. The van der Waals surface area contributed by atoms with Crippen molar-refractivity contribution in [2.24, 2.45) is 0 Å². The second-order valence-corrected chi connectivity index (χ2v) is 5.70. The van der Waals surface area contributed by atoms with E-state index in [1.165, 1.54) is 51.9 Å². The number of hydrogen-bond acceptors (Lipinski definition) is 3. The molecule has 1 rings (SSSR count). The van der Waals surface area contributed by atoms with Crippen molar-refractivity contribution in [1.29, 1.82) is 0 Å². The molecule has 0 amide bonds. The second kappa shape index (κ2) is 12.2. The zero-order valence-corrected chi connectivity index (χ0v) is 13.5. The molecule has 1 fully saturated rings. The minimum Gasteiger partial charge on any atom is -0.380 e. The van der Waals surface area contributed by atoms with Crippen molar-refractivity contribution in [3.05, 3.63) is 0 Å². The molecule has 1 heterocycles. The maximum atomic E-state index is 5.63. The summed E-state index contributed by atoms with van der Waals surface area (Å²) >= 11 is 0. The van der Waals surface area contributed by atoms with Crippen LogP contribution in [0.4, 0.5) is 0 Å². The molecule has 0 unspecified atom stereocenters. The Balaban J connectivity index is 1.86. The third-order valence-corrected chi connectivity index (χ3v) is 3.85. The van der Waals surface area contributed by atoms with Crippen LogP contribution in [0.2, 0.25) is 0 Å². The van der Waals surface area contributed by atoms with E-state index in [4.69, 9.17) is 4.74 Å². The van der Waals surface area contributed by atoms with E-state index in [1.54, 1.807) is 0 Å². The van der Waals surface area contributed by atoms with Gasteiger partial charge in [-0.2, -0.15) is 0 Å². The SMILES string of the molecule is CC#CCCCOCCN(C)CCCN1CCCCC1. The Morgan fingerprint density at radius 1 is 1.05 bits per heavy atom. The molecule has 1 saturated heterocycles. The smallest absolute Gasteiger partial charge is 0.0593 e. The number of nitrogens with zero attached hydrogens (tertiary/aromatic N) is 2. The van der Waals surface area contributed by atoms with Crippen LogP contribution < -0.4 is 0 Å². The fourth-order valence-corrected chi connectivity index (χ4v) is 2.57. The van der Waals surface area contributed by atoms with Crippen LogP contribution in [0.5, 0.6) is 0 Å². The average molecular weight is 280 g/mol. The molecular formula is C17H32N2O. The lowest BCUT2D eigenvalue weighted by atomic mass is 10.1. The Hall–Kier alpha value is -0.560. The zero-order valence-electron chi connectivity index (χ0n) is 13.5. The Kier molecular flexibility index (Phi) is 10.7. The van der Waals surface area contributed by atoms with Crippen molar-refractivity contribution in [1.82, 2.24) is 9.80 Å². The Labute approximate surface area is 125 Å². The molecule has 0 aliphatic carbocycles. The summed E-state index contributed by atoms with van der Waals surface area (Å²) in [5.41, 5.74) is 0. The van der Waals surface area contributed by atoms with Gasteiger partial charge in [-0.3, -0.25) is 0 Å². The molecule has 0 atom stereocenters. The molecule has 0 spiro atoms. The number of rotatable bonds is 10. The van der Waals surface area contributed by atoms with Gasteiger partial charge < -0.3 is 14.5 Å². The van der Waals surface area contributed by atoms with Crippen molar-refractivity contribution in [3.63, 3.8) is 0 Å². The first-order chi connectivity index (χ1) is 9.83. The highest BCUT2D eigenvalue weighted by atomic mass is 16.5. The predicted molar refractivity (Wildman–Crippen MR) is 85.9 cm³/mol. The van der Waals surface area contributed by atoms with E-state index in [0.717, 1.165) is 32.6 Å². The number of unbranched alkanes of at least 4 members (excludes halogenated alkanes) is 1. The highest BCUT2D eigenvalue weighted by molar-refractivity contribution is 4.94. The molecule has 0 aromatic carbocycles. The normalized spacial score (nSPS) is 16.1. The molecule has 20 heavy (non-hydrogen) atoms. The maximum Gasteiger partial charge on any atom is 0.0593 e. The van der Waals surface area contributed by atoms with E-state index in [9.17, 15) is 0 Å². The summed E-state index contributed by atoms with van der Waals surface area (Å²) in [6, 6.07) is 0. The quantitative estimate of drug-likeness (QED) is 0.452. The first kappa shape index (κ1) is 17.5. The minimum absolute atomic E-state index is 0.844. The van der Waals surface area contributed by atoms with Gasteiger partial charge in [-0.25, -0.2) is 0 Å². The lowest BCUT2D eigenvalue weighted by Crippen LogP contribution is -2.33. The van der Waals surface area contributed by atoms with Gasteiger partial charge in [0.2, 0.25) is 0 Å². The maximum absolute atomic E-state index is 5.63. The molecule has 0 radical (unpaired) electrons. The van der Waals surface area contributed by atoms with Crippen LogP contribution in [0.1, 0.15) is 45.4 Å². The van der Waals surface area contributed by atoms with E-state index in [1.807, 2.05) is 6.92 Å². The van der Waals surface area contributed by atoms with E-state index in [-0.39, 0.29) is 0 Å². The largest absolute Gasteiger partial charge is 0.380 e. The van der Waals surface area contributed by atoms with Gasteiger partial charge in [-0.1, -0.05) is 6.42 Å². The standard InChI is InChI=1S/C17H32N2O/c1-3-4-5-9-16-20-17-15-18(2)11-10-14-19-12-7-6-8-13-19/h5-17H2,1-2H3. The Morgan fingerprint density at radius 3 is 2.60 bits per heavy atom. The number of likely N-dealkylation sites (tertiary alicyclic amines) is 1. The molecule has 0 saturated carbocycles. The van der Waals surface area contributed by atoms with Crippen LogP contribution in [-0.2, 0) is 4.74 Å². The molecule has 3 nitrogen and oxygen atoms in total. The monoisotopic (exact) mass is 280 g/mol. The van der Waals surface area contributed by atoms with Gasteiger partial charge >= 0.3 is 0 Å². The molecule has 0 aromatic heterocycles. The second-order valence-electron chi connectivity index (χ2n) is 5.70. The summed E-state index contributed by atoms with van der Waals surface area (Å²) in [7, 11) is 2.20. The Morgan fingerprint density at radius 2 is 1.85 bits per heavy atom. The molecule has 0 aromatic rings. The summed E-state index contributed by atoms with van der Waals surface area (Å²) in [4.78, 5) is 5.00. The van der Waals surface area contributed by atoms with E-state index in [0.29, 0.717) is 0 Å². The van der Waals surface area contributed by atoms with E-state index >= 15 is 0 Å². The molecule has 1 aliphatic heterocycles. The van der Waals surface area contributed by atoms with Crippen LogP contribution in [-0.4, -0.2) is 62.8 Å². The van der Waals surface area contributed by atoms with E-state index in [2.05, 4.69) is 28.7 Å². The third kappa shape index (κ3) is 9.36. The third-order valence-electron chi connectivity index (χ3n) is 3.85. The summed E-state index contributed by atoms with van der Waals surface area (Å²) in [6.07, 6.45) is 7.51. The van der Waals surface area contributed by atoms with Crippen molar-refractivity contribution in [3.8, 4) is 11.8 Å². The Bertz CT molecular complexity index is 276. The average Bonchev–Trinajstić information content (AvgIpc) is 2.47. The number of ether oxygens (including phenoxy) is 1. The molecule has 1 aliphatic rings.